The van der Waals surface area contributed by atoms with Crippen molar-refractivity contribution in [3.05, 3.63) is 48.0 Å². The average Bonchev–Trinajstić information content (AvgIpc) is 3.01. The Hall–Kier alpha value is -1.68. The first-order valence-electron chi connectivity index (χ1n) is 8.52. The maximum atomic E-state index is 4.48. The topological polar surface area (TPSA) is 34.0 Å². The number of nitrogens with zero attached hydrogens (tertiary/aromatic N) is 4. The molecule has 1 aromatic carbocycles. The molecule has 1 aliphatic carbocycles. The van der Waals surface area contributed by atoms with Crippen LogP contribution in [0.15, 0.2) is 36.7 Å². The van der Waals surface area contributed by atoms with E-state index in [1.807, 2.05) is 4.68 Å². The van der Waals surface area contributed by atoms with Gasteiger partial charge in [-0.05, 0) is 31.2 Å². The summed E-state index contributed by atoms with van der Waals surface area (Å²) < 4.78 is 2.02. The molecule has 0 amide bonds. The van der Waals surface area contributed by atoms with Crippen LogP contribution in [0.4, 0.5) is 0 Å². The summed E-state index contributed by atoms with van der Waals surface area (Å²) >= 11 is 0. The van der Waals surface area contributed by atoms with Crippen LogP contribution in [0, 0.1) is 5.92 Å². The van der Waals surface area contributed by atoms with Gasteiger partial charge in [0.15, 0.2) is 0 Å². The third-order valence-corrected chi connectivity index (χ3v) is 5.64. The lowest BCUT2D eigenvalue weighted by atomic mass is 9.62. The fourth-order valence-electron chi connectivity index (χ4n) is 4.54. The Morgan fingerprint density at radius 2 is 2.09 bits per heavy atom. The van der Waals surface area contributed by atoms with Crippen LogP contribution >= 0.6 is 0 Å². The first-order valence-corrected chi connectivity index (χ1v) is 8.52. The standard InChI is InChI=1S/C18H24N4/c1-2-22-17(19-14-20-22)13-21-12-16-10-6-7-11-18(16,21)15-8-4-3-5-9-15/h3-5,8-9,14,16H,2,6-7,10-13H2,1H3. The van der Waals surface area contributed by atoms with E-state index >= 15 is 0 Å². The predicted octanol–water partition coefficient (Wildman–Crippen LogP) is 3.20. The van der Waals surface area contributed by atoms with E-state index in [1.165, 1.54) is 37.8 Å². The maximum absolute atomic E-state index is 4.48. The number of rotatable bonds is 4. The van der Waals surface area contributed by atoms with Gasteiger partial charge in [-0.15, -0.1) is 0 Å². The largest absolute Gasteiger partial charge is 0.285 e. The molecule has 1 saturated carbocycles. The summed E-state index contributed by atoms with van der Waals surface area (Å²) in [6, 6.07) is 11.1. The quantitative estimate of drug-likeness (QED) is 0.869. The molecule has 2 heterocycles. The summed E-state index contributed by atoms with van der Waals surface area (Å²) in [4.78, 5) is 7.12. The Morgan fingerprint density at radius 1 is 1.23 bits per heavy atom. The van der Waals surface area contributed by atoms with Crippen LogP contribution in [0.25, 0.3) is 0 Å². The second-order valence-electron chi connectivity index (χ2n) is 6.61. The molecule has 2 aliphatic rings. The molecule has 1 aromatic heterocycles. The van der Waals surface area contributed by atoms with Crippen molar-refractivity contribution >= 4 is 0 Å². The summed E-state index contributed by atoms with van der Waals surface area (Å²) in [5.74, 6) is 1.91. The van der Waals surface area contributed by atoms with Gasteiger partial charge < -0.3 is 0 Å². The van der Waals surface area contributed by atoms with Gasteiger partial charge in [0.2, 0.25) is 0 Å². The smallest absolute Gasteiger partial charge is 0.141 e. The number of hydrogen-bond acceptors (Lipinski definition) is 3. The van der Waals surface area contributed by atoms with Gasteiger partial charge in [-0.3, -0.25) is 4.90 Å². The average molecular weight is 296 g/mol. The minimum Gasteiger partial charge on any atom is -0.285 e. The van der Waals surface area contributed by atoms with Gasteiger partial charge in [0.25, 0.3) is 0 Å². The normalized spacial score (nSPS) is 28.1. The molecule has 2 atom stereocenters. The highest BCUT2D eigenvalue weighted by Crippen LogP contribution is 2.54. The van der Waals surface area contributed by atoms with Crippen molar-refractivity contribution in [1.82, 2.24) is 19.7 Å². The van der Waals surface area contributed by atoms with E-state index in [2.05, 4.69) is 52.2 Å². The Kier molecular flexibility index (Phi) is 3.49. The Morgan fingerprint density at radius 3 is 2.86 bits per heavy atom. The number of aromatic nitrogens is 3. The van der Waals surface area contributed by atoms with Crippen molar-refractivity contribution in [2.75, 3.05) is 6.54 Å². The lowest BCUT2D eigenvalue weighted by Gasteiger charge is -2.61. The molecule has 4 heteroatoms. The molecule has 0 radical (unpaired) electrons. The van der Waals surface area contributed by atoms with Crippen molar-refractivity contribution in [2.24, 2.45) is 5.92 Å². The van der Waals surface area contributed by atoms with E-state index in [0.717, 1.165) is 24.8 Å². The van der Waals surface area contributed by atoms with Gasteiger partial charge in [-0.1, -0.05) is 43.2 Å². The third kappa shape index (κ3) is 2.01. The highest BCUT2D eigenvalue weighted by atomic mass is 15.4. The molecule has 4 nitrogen and oxygen atoms in total. The molecule has 116 valence electrons. The van der Waals surface area contributed by atoms with Gasteiger partial charge in [0, 0.05) is 13.1 Å². The van der Waals surface area contributed by atoms with E-state index in [9.17, 15) is 0 Å². The van der Waals surface area contributed by atoms with Crippen LogP contribution in [0.2, 0.25) is 0 Å². The van der Waals surface area contributed by atoms with Crippen LogP contribution in [-0.4, -0.2) is 26.2 Å². The molecule has 0 N–H and O–H groups in total. The van der Waals surface area contributed by atoms with Crippen molar-refractivity contribution < 1.29 is 0 Å². The van der Waals surface area contributed by atoms with E-state index < -0.39 is 0 Å². The third-order valence-electron chi connectivity index (χ3n) is 5.64. The molecule has 2 fully saturated rings. The summed E-state index contributed by atoms with van der Waals surface area (Å²) in [6.45, 7) is 5.14. The number of fused-ring (bicyclic) bond motifs is 1. The van der Waals surface area contributed by atoms with Gasteiger partial charge >= 0.3 is 0 Å². The molecule has 0 spiro atoms. The fraction of sp³-hybridized carbons (Fsp3) is 0.556. The van der Waals surface area contributed by atoms with Gasteiger partial charge in [-0.2, -0.15) is 5.10 Å². The maximum Gasteiger partial charge on any atom is 0.141 e. The van der Waals surface area contributed by atoms with E-state index in [1.54, 1.807) is 6.33 Å². The molecular weight excluding hydrogens is 272 g/mol. The Labute approximate surface area is 132 Å². The van der Waals surface area contributed by atoms with Crippen molar-refractivity contribution in [3.8, 4) is 0 Å². The second-order valence-corrected chi connectivity index (χ2v) is 6.61. The zero-order chi connectivity index (χ0) is 15.0. The predicted molar refractivity (Wildman–Crippen MR) is 86.2 cm³/mol. The van der Waals surface area contributed by atoms with Crippen molar-refractivity contribution in [2.45, 2.75) is 51.2 Å². The molecule has 4 rings (SSSR count). The van der Waals surface area contributed by atoms with Crippen molar-refractivity contribution in [3.63, 3.8) is 0 Å². The van der Waals surface area contributed by atoms with Crippen molar-refractivity contribution in [1.29, 1.82) is 0 Å². The number of aryl methyl sites for hydroxylation is 1. The number of hydrogen-bond donors (Lipinski definition) is 0. The number of likely N-dealkylation sites (tertiary alicyclic amines) is 1. The minimum atomic E-state index is 0.240. The lowest BCUT2D eigenvalue weighted by molar-refractivity contribution is -0.123. The minimum absolute atomic E-state index is 0.240. The van der Waals surface area contributed by atoms with Gasteiger partial charge in [0.05, 0.1) is 12.1 Å². The van der Waals surface area contributed by atoms with Crippen LogP contribution in [-0.2, 0) is 18.6 Å². The molecule has 0 bridgehead atoms. The Balaban J connectivity index is 1.65. The first-order chi connectivity index (χ1) is 10.8. The zero-order valence-electron chi connectivity index (χ0n) is 13.3. The summed E-state index contributed by atoms with van der Waals surface area (Å²) in [5.41, 5.74) is 1.73. The Bertz CT molecular complexity index is 636. The molecule has 1 aliphatic heterocycles. The lowest BCUT2D eigenvalue weighted by Crippen LogP contribution is -2.65. The molecular formula is C18H24N4. The molecule has 1 saturated heterocycles. The molecule has 22 heavy (non-hydrogen) atoms. The molecule has 2 aromatic rings. The van der Waals surface area contributed by atoms with Gasteiger partial charge in [0.1, 0.15) is 12.2 Å². The first kappa shape index (κ1) is 13.9. The number of benzene rings is 1. The van der Waals surface area contributed by atoms with Crippen LogP contribution in [0.5, 0.6) is 0 Å². The fourth-order valence-corrected chi connectivity index (χ4v) is 4.54. The zero-order valence-corrected chi connectivity index (χ0v) is 13.3. The molecule has 2 unspecified atom stereocenters. The van der Waals surface area contributed by atoms with E-state index in [0.29, 0.717) is 0 Å². The van der Waals surface area contributed by atoms with E-state index in [-0.39, 0.29) is 5.54 Å². The SMILES string of the molecule is CCn1ncnc1CN1CC2CCCCC21c1ccccc1. The van der Waals surface area contributed by atoms with Crippen LogP contribution < -0.4 is 0 Å². The summed E-state index contributed by atoms with van der Waals surface area (Å²) in [5, 5.41) is 4.32. The highest BCUT2D eigenvalue weighted by Gasteiger charge is 2.54. The van der Waals surface area contributed by atoms with E-state index in [4.69, 9.17) is 0 Å². The van der Waals surface area contributed by atoms with Gasteiger partial charge in [-0.25, -0.2) is 9.67 Å². The van der Waals surface area contributed by atoms with Crippen LogP contribution in [0.3, 0.4) is 0 Å². The summed E-state index contributed by atoms with van der Waals surface area (Å²) in [6.07, 6.45) is 7.06. The highest BCUT2D eigenvalue weighted by molar-refractivity contribution is 5.30. The second kappa shape index (κ2) is 5.51. The van der Waals surface area contributed by atoms with Crippen LogP contribution in [0.1, 0.15) is 44.0 Å². The monoisotopic (exact) mass is 296 g/mol. The summed E-state index contributed by atoms with van der Waals surface area (Å²) in [7, 11) is 0.